The first-order chi connectivity index (χ1) is 10.2. The van der Waals surface area contributed by atoms with E-state index in [1.54, 1.807) is 11.3 Å². The van der Waals surface area contributed by atoms with Crippen LogP contribution in [0.25, 0.3) is 0 Å². The van der Waals surface area contributed by atoms with Crippen LogP contribution in [0.1, 0.15) is 15.2 Å². The van der Waals surface area contributed by atoms with Crippen LogP contribution in [0.2, 0.25) is 0 Å². The summed E-state index contributed by atoms with van der Waals surface area (Å²) in [6, 6.07) is 6.47. The first-order valence-electron chi connectivity index (χ1n) is 6.12. The maximum absolute atomic E-state index is 10.9. The number of hydrogen-bond donors (Lipinski definition) is 0. The third kappa shape index (κ3) is 3.57. The van der Waals surface area contributed by atoms with E-state index < -0.39 is 4.92 Å². The molecule has 6 nitrogen and oxygen atoms in total. The molecule has 0 radical (unpaired) electrons. The molecule has 0 bridgehead atoms. The fourth-order valence-electron chi connectivity index (χ4n) is 1.81. The van der Waals surface area contributed by atoms with Crippen LogP contribution >= 0.6 is 11.3 Å². The fourth-order valence-corrected chi connectivity index (χ4v) is 2.50. The molecule has 2 rings (SSSR count). The van der Waals surface area contributed by atoms with Gasteiger partial charge in [-0.3, -0.25) is 14.9 Å². The molecule has 110 valence electrons. The first kappa shape index (κ1) is 15.0. The van der Waals surface area contributed by atoms with Gasteiger partial charge in [0.2, 0.25) is 0 Å². The molecule has 1 aromatic carbocycles. The van der Waals surface area contributed by atoms with E-state index in [1.807, 2.05) is 17.5 Å². The van der Waals surface area contributed by atoms with Crippen LogP contribution in [0.4, 0.5) is 5.69 Å². The van der Waals surface area contributed by atoms with E-state index in [0.29, 0.717) is 25.1 Å². The number of hydrogen-bond acceptors (Lipinski definition) is 6. The molecule has 0 atom stereocenters. The van der Waals surface area contributed by atoms with Crippen molar-refractivity contribution in [3.8, 4) is 11.5 Å². The highest BCUT2D eigenvalue weighted by molar-refractivity contribution is 7.09. The monoisotopic (exact) mass is 307 g/mol. The zero-order valence-electron chi connectivity index (χ0n) is 11.3. The van der Waals surface area contributed by atoms with Crippen LogP contribution < -0.4 is 9.47 Å². The Balaban J connectivity index is 2.18. The zero-order chi connectivity index (χ0) is 15.2. The van der Waals surface area contributed by atoms with Crippen molar-refractivity contribution in [2.24, 2.45) is 0 Å². The number of nitro benzene ring substituents is 1. The summed E-state index contributed by atoms with van der Waals surface area (Å²) < 4.78 is 10.7. The van der Waals surface area contributed by atoms with E-state index >= 15 is 0 Å². The lowest BCUT2D eigenvalue weighted by Gasteiger charge is -2.11. The predicted octanol–water partition coefficient (Wildman–Crippen LogP) is 3.10. The largest absolute Gasteiger partial charge is 0.493 e. The van der Waals surface area contributed by atoms with Gasteiger partial charge in [-0.2, -0.15) is 0 Å². The van der Waals surface area contributed by atoms with Gasteiger partial charge in [0.05, 0.1) is 30.3 Å². The molecule has 0 amide bonds. The number of thiophene rings is 1. The van der Waals surface area contributed by atoms with Gasteiger partial charge in [0.1, 0.15) is 0 Å². The number of ether oxygens (including phenoxy) is 2. The van der Waals surface area contributed by atoms with Gasteiger partial charge in [-0.05, 0) is 11.4 Å². The average Bonchev–Trinajstić information content (AvgIpc) is 2.99. The Morgan fingerprint density at radius 1 is 1.38 bits per heavy atom. The molecule has 0 N–H and O–H groups in total. The molecule has 1 heterocycles. The van der Waals surface area contributed by atoms with Crippen LogP contribution in [-0.2, 0) is 6.42 Å². The van der Waals surface area contributed by atoms with Gasteiger partial charge in [0, 0.05) is 17.4 Å². The smallest absolute Gasteiger partial charge is 0.283 e. The fraction of sp³-hybridized carbons (Fsp3) is 0.214. The molecule has 0 saturated heterocycles. The van der Waals surface area contributed by atoms with Crippen molar-refractivity contribution in [3.05, 3.63) is 50.2 Å². The van der Waals surface area contributed by atoms with Gasteiger partial charge in [-0.15, -0.1) is 11.3 Å². The van der Waals surface area contributed by atoms with E-state index in [4.69, 9.17) is 9.47 Å². The number of nitro groups is 1. The molecule has 7 heteroatoms. The number of rotatable bonds is 7. The van der Waals surface area contributed by atoms with E-state index in [2.05, 4.69) is 0 Å². The highest BCUT2D eigenvalue weighted by Gasteiger charge is 2.19. The molecular weight excluding hydrogens is 294 g/mol. The van der Waals surface area contributed by atoms with Gasteiger partial charge in [-0.1, -0.05) is 6.07 Å². The Hall–Kier alpha value is -2.41. The third-order valence-corrected chi connectivity index (χ3v) is 3.76. The predicted molar refractivity (Wildman–Crippen MR) is 78.6 cm³/mol. The van der Waals surface area contributed by atoms with Gasteiger partial charge in [0.15, 0.2) is 17.8 Å². The molecule has 21 heavy (non-hydrogen) atoms. The van der Waals surface area contributed by atoms with Crippen LogP contribution in [0, 0.1) is 10.1 Å². The normalized spacial score (nSPS) is 10.1. The number of aldehydes is 1. The molecule has 0 aliphatic carbocycles. The van der Waals surface area contributed by atoms with E-state index in [1.165, 1.54) is 19.2 Å². The molecule has 0 spiro atoms. The first-order valence-corrected chi connectivity index (χ1v) is 7.00. The van der Waals surface area contributed by atoms with Crippen molar-refractivity contribution < 1.29 is 19.2 Å². The molecule has 0 aliphatic heterocycles. The Labute approximate surface area is 125 Å². The lowest BCUT2D eigenvalue weighted by atomic mass is 10.1. The second-order valence-electron chi connectivity index (χ2n) is 4.11. The summed E-state index contributed by atoms with van der Waals surface area (Å²) in [5.41, 5.74) is -0.334. The minimum absolute atomic E-state index is 0.0394. The van der Waals surface area contributed by atoms with Gasteiger partial charge in [-0.25, -0.2) is 0 Å². The maximum Gasteiger partial charge on any atom is 0.283 e. The second-order valence-corrected chi connectivity index (χ2v) is 5.15. The summed E-state index contributed by atoms with van der Waals surface area (Å²) in [5.74, 6) is 0.556. The standard InChI is InChI=1S/C14H13NO5S/c1-19-13-7-10(9-16)12(15(17)18)8-14(13)20-5-4-11-3-2-6-21-11/h2-3,6-9H,4-5H2,1H3. The van der Waals surface area contributed by atoms with E-state index in [9.17, 15) is 14.9 Å². The number of methoxy groups -OCH3 is 1. The van der Waals surface area contributed by atoms with Crippen molar-refractivity contribution in [1.82, 2.24) is 0 Å². The van der Waals surface area contributed by atoms with Crippen LogP contribution in [-0.4, -0.2) is 24.9 Å². The summed E-state index contributed by atoms with van der Waals surface area (Å²) in [6.07, 6.45) is 1.13. The quantitative estimate of drug-likeness (QED) is 0.446. The van der Waals surface area contributed by atoms with Crippen molar-refractivity contribution in [2.75, 3.05) is 13.7 Å². The Kier molecular flexibility index (Phi) is 4.89. The summed E-state index contributed by atoms with van der Waals surface area (Å²) in [7, 11) is 1.42. The molecule has 0 aliphatic rings. The summed E-state index contributed by atoms with van der Waals surface area (Å²) in [6.45, 7) is 0.370. The minimum Gasteiger partial charge on any atom is -0.493 e. The Morgan fingerprint density at radius 2 is 2.19 bits per heavy atom. The SMILES string of the molecule is COc1cc(C=O)c([N+](=O)[O-])cc1OCCc1cccs1. The van der Waals surface area contributed by atoms with Crippen molar-refractivity contribution in [3.63, 3.8) is 0 Å². The number of benzene rings is 1. The molecular formula is C14H13NO5S. The summed E-state index contributed by atoms with van der Waals surface area (Å²) >= 11 is 1.62. The zero-order valence-corrected chi connectivity index (χ0v) is 12.1. The summed E-state index contributed by atoms with van der Waals surface area (Å²) in [5, 5.41) is 12.9. The highest BCUT2D eigenvalue weighted by atomic mass is 32.1. The van der Waals surface area contributed by atoms with Gasteiger partial charge < -0.3 is 9.47 Å². The number of carbonyl (C=O) groups excluding carboxylic acids is 1. The summed E-state index contributed by atoms with van der Waals surface area (Å²) in [4.78, 5) is 22.4. The van der Waals surface area contributed by atoms with Gasteiger partial charge in [0.25, 0.3) is 5.69 Å². The van der Waals surface area contributed by atoms with Crippen molar-refractivity contribution >= 4 is 23.3 Å². The molecule has 0 unspecified atom stereocenters. The topological polar surface area (TPSA) is 78.7 Å². The van der Waals surface area contributed by atoms with E-state index in [0.717, 1.165) is 4.88 Å². The Bertz CT molecular complexity index is 639. The van der Waals surface area contributed by atoms with Crippen molar-refractivity contribution in [2.45, 2.75) is 6.42 Å². The molecule has 1 aromatic heterocycles. The molecule has 0 saturated carbocycles. The van der Waals surface area contributed by atoms with E-state index in [-0.39, 0.29) is 17.0 Å². The third-order valence-electron chi connectivity index (χ3n) is 2.82. The highest BCUT2D eigenvalue weighted by Crippen LogP contribution is 2.34. The van der Waals surface area contributed by atoms with Gasteiger partial charge >= 0.3 is 0 Å². The lowest BCUT2D eigenvalue weighted by Crippen LogP contribution is -2.04. The number of carbonyl (C=O) groups is 1. The van der Waals surface area contributed by atoms with Crippen LogP contribution in [0.15, 0.2) is 29.6 Å². The second kappa shape index (κ2) is 6.85. The maximum atomic E-state index is 10.9. The lowest BCUT2D eigenvalue weighted by molar-refractivity contribution is -0.385. The van der Waals surface area contributed by atoms with Crippen molar-refractivity contribution in [1.29, 1.82) is 0 Å². The van der Waals surface area contributed by atoms with Crippen LogP contribution in [0.3, 0.4) is 0 Å². The molecule has 0 fully saturated rings. The minimum atomic E-state index is -0.616. The average molecular weight is 307 g/mol. The van der Waals surface area contributed by atoms with Crippen LogP contribution in [0.5, 0.6) is 11.5 Å². The molecule has 2 aromatic rings. The Morgan fingerprint density at radius 3 is 2.76 bits per heavy atom. The number of nitrogens with zero attached hydrogens (tertiary/aromatic N) is 1.